The Labute approximate surface area is 92.2 Å². The predicted molar refractivity (Wildman–Crippen MR) is 55.5 cm³/mol. The average molecular weight is 224 g/mol. The topological polar surface area (TPSA) is 98.4 Å². The molecule has 0 spiro atoms. The van der Waals surface area contributed by atoms with Crippen LogP contribution in [0.3, 0.4) is 0 Å². The summed E-state index contributed by atoms with van der Waals surface area (Å²) in [6.07, 6.45) is 3.13. The van der Waals surface area contributed by atoms with E-state index in [0.29, 0.717) is 5.95 Å². The first kappa shape index (κ1) is 11.9. The van der Waals surface area contributed by atoms with Crippen molar-refractivity contribution in [3.8, 4) is 0 Å². The largest absolute Gasteiger partial charge is 0.454 e. The van der Waals surface area contributed by atoms with E-state index < -0.39 is 18.5 Å². The van der Waals surface area contributed by atoms with Gasteiger partial charge in [0.25, 0.3) is 5.91 Å². The fourth-order valence-corrected chi connectivity index (χ4v) is 0.950. The van der Waals surface area contributed by atoms with Crippen molar-refractivity contribution in [3.05, 3.63) is 18.5 Å². The number of rotatable bonds is 5. The molecule has 1 aromatic heterocycles. The van der Waals surface area contributed by atoms with Crippen LogP contribution in [0.2, 0.25) is 0 Å². The van der Waals surface area contributed by atoms with Gasteiger partial charge in [0.1, 0.15) is 6.54 Å². The summed E-state index contributed by atoms with van der Waals surface area (Å²) in [7, 11) is 1.64. The maximum absolute atomic E-state index is 11.2. The van der Waals surface area contributed by atoms with Crippen LogP contribution >= 0.6 is 0 Å². The quantitative estimate of drug-likeness (QED) is 0.640. The van der Waals surface area contributed by atoms with Crippen molar-refractivity contribution in [2.45, 2.75) is 0 Å². The van der Waals surface area contributed by atoms with E-state index in [1.165, 1.54) is 4.90 Å². The Balaban J connectivity index is 2.43. The third kappa shape index (κ3) is 3.91. The van der Waals surface area contributed by atoms with Gasteiger partial charge in [-0.1, -0.05) is 0 Å². The number of ether oxygens (including phenoxy) is 1. The van der Waals surface area contributed by atoms with Crippen LogP contribution in [0, 0.1) is 0 Å². The van der Waals surface area contributed by atoms with Crippen molar-refractivity contribution in [1.82, 2.24) is 9.97 Å². The van der Waals surface area contributed by atoms with Crippen LogP contribution in [-0.4, -0.2) is 42.0 Å². The number of amides is 1. The fraction of sp³-hybridized carbons (Fsp3) is 0.333. The van der Waals surface area contributed by atoms with E-state index in [9.17, 15) is 9.59 Å². The Morgan fingerprint density at radius 3 is 2.62 bits per heavy atom. The second-order valence-electron chi connectivity index (χ2n) is 3.03. The molecule has 0 aliphatic heterocycles. The lowest BCUT2D eigenvalue weighted by molar-refractivity contribution is -0.146. The summed E-state index contributed by atoms with van der Waals surface area (Å²) >= 11 is 0. The third-order valence-corrected chi connectivity index (χ3v) is 1.64. The molecule has 0 radical (unpaired) electrons. The molecular formula is C9H12N4O3. The number of esters is 1. The number of hydrogen-bond acceptors (Lipinski definition) is 6. The minimum atomic E-state index is -0.688. The Hall–Kier alpha value is -2.18. The Bertz CT molecular complexity index is 368. The van der Waals surface area contributed by atoms with Gasteiger partial charge in [-0.3, -0.25) is 9.59 Å². The standard InChI is InChI=1S/C9H12N4O3/c1-13(9-11-3-2-4-12-9)5-8(15)16-6-7(10)14/h2-4H,5-6H2,1H3,(H2,10,14). The van der Waals surface area contributed by atoms with Crippen molar-refractivity contribution < 1.29 is 14.3 Å². The van der Waals surface area contributed by atoms with Crippen LogP contribution in [0.5, 0.6) is 0 Å². The summed E-state index contributed by atoms with van der Waals surface area (Å²) in [4.78, 5) is 31.0. The molecule has 1 amide bonds. The number of carbonyl (C=O) groups excluding carboxylic acids is 2. The van der Waals surface area contributed by atoms with Crippen molar-refractivity contribution in [3.63, 3.8) is 0 Å². The van der Waals surface area contributed by atoms with Gasteiger partial charge in [-0.25, -0.2) is 9.97 Å². The highest BCUT2D eigenvalue weighted by Gasteiger charge is 2.10. The van der Waals surface area contributed by atoms with E-state index >= 15 is 0 Å². The van der Waals surface area contributed by atoms with Gasteiger partial charge in [0, 0.05) is 19.4 Å². The number of carbonyl (C=O) groups is 2. The maximum Gasteiger partial charge on any atom is 0.326 e. The van der Waals surface area contributed by atoms with E-state index in [4.69, 9.17) is 5.73 Å². The molecule has 0 aliphatic carbocycles. The van der Waals surface area contributed by atoms with E-state index in [1.807, 2.05) is 0 Å². The Morgan fingerprint density at radius 2 is 2.06 bits per heavy atom. The first-order valence-electron chi connectivity index (χ1n) is 4.51. The van der Waals surface area contributed by atoms with Crippen molar-refractivity contribution in [1.29, 1.82) is 0 Å². The molecule has 1 heterocycles. The van der Waals surface area contributed by atoms with Gasteiger partial charge in [0.15, 0.2) is 6.61 Å². The monoisotopic (exact) mass is 224 g/mol. The summed E-state index contributed by atoms with van der Waals surface area (Å²) in [5, 5.41) is 0. The van der Waals surface area contributed by atoms with Crippen LogP contribution in [0.25, 0.3) is 0 Å². The zero-order valence-electron chi connectivity index (χ0n) is 8.79. The highest BCUT2D eigenvalue weighted by molar-refractivity contribution is 5.80. The summed E-state index contributed by atoms with van der Waals surface area (Å²) in [5.41, 5.74) is 4.83. The molecule has 86 valence electrons. The minimum Gasteiger partial charge on any atom is -0.454 e. The van der Waals surface area contributed by atoms with Gasteiger partial charge in [-0.15, -0.1) is 0 Å². The van der Waals surface area contributed by atoms with Crippen LogP contribution < -0.4 is 10.6 Å². The summed E-state index contributed by atoms with van der Waals surface area (Å²) in [6.45, 7) is -0.459. The van der Waals surface area contributed by atoms with Crippen LogP contribution in [0.1, 0.15) is 0 Å². The summed E-state index contributed by atoms with van der Waals surface area (Å²) in [5.74, 6) is -0.848. The molecule has 16 heavy (non-hydrogen) atoms. The summed E-state index contributed by atoms with van der Waals surface area (Å²) < 4.78 is 4.58. The molecule has 2 N–H and O–H groups in total. The number of primary amides is 1. The number of likely N-dealkylation sites (N-methyl/N-ethyl adjacent to an activating group) is 1. The van der Waals surface area contributed by atoms with E-state index in [0.717, 1.165) is 0 Å². The molecule has 0 fully saturated rings. The van der Waals surface area contributed by atoms with E-state index in [1.54, 1.807) is 25.5 Å². The SMILES string of the molecule is CN(CC(=O)OCC(N)=O)c1ncccn1. The van der Waals surface area contributed by atoms with Crippen molar-refractivity contribution >= 4 is 17.8 Å². The summed E-state index contributed by atoms with van der Waals surface area (Å²) in [6, 6.07) is 1.67. The fourth-order valence-electron chi connectivity index (χ4n) is 0.950. The highest BCUT2D eigenvalue weighted by Crippen LogP contribution is 2.01. The number of aromatic nitrogens is 2. The zero-order valence-corrected chi connectivity index (χ0v) is 8.79. The predicted octanol–water partition coefficient (Wildman–Crippen LogP) is -1.06. The Morgan fingerprint density at radius 1 is 1.44 bits per heavy atom. The molecule has 0 atom stereocenters. The molecule has 0 aliphatic rings. The molecule has 0 saturated heterocycles. The molecule has 0 unspecified atom stereocenters. The van der Waals surface area contributed by atoms with E-state index in [-0.39, 0.29) is 6.54 Å². The first-order valence-corrected chi connectivity index (χ1v) is 4.51. The van der Waals surface area contributed by atoms with Crippen LogP contribution in [0.4, 0.5) is 5.95 Å². The second-order valence-corrected chi connectivity index (χ2v) is 3.03. The van der Waals surface area contributed by atoms with Crippen LogP contribution in [0.15, 0.2) is 18.5 Å². The second kappa shape index (κ2) is 5.64. The molecular weight excluding hydrogens is 212 g/mol. The normalized spacial score (nSPS) is 9.56. The minimum absolute atomic E-state index is 0.0444. The molecule has 0 bridgehead atoms. The van der Waals surface area contributed by atoms with Gasteiger partial charge in [0.05, 0.1) is 0 Å². The molecule has 0 saturated carbocycles. The Kier molecular flexibility index (Phi) is 4.19. The third-order valence-electron chi connectivity index (χ3n) is 1.64. The van der Waals surface area contributed by atoms with Gasteiger partial charge < -0.3 is 15.4 Å². The number of nitrogens with two attached hydrogens (primary N) is 1. The van der Waals surface area contributed by atoms with Crippen molar-refractivity contribution in [2.24, 2.45) is 5.73 Å². The number of anilines is 1. The van der Waals surface area contributed by atoms with E-state index in [2.05, 4.69) is 14.7 Å². The smallest absolute Gasteiger partial charge is 0.326 e. The lowest BCUT2D eigenvalue weighted by Crippen LogP contribution is -2.30. The zero-order chi connectivity index (χ0) is 12.0. The molecule has 7 heteroatoms. The number of nitrogens with zero attached hydrogens (tertiary/aromatic N) is 3. The lowest BCUT2D eigenvalue weighted by Gasteiger charge is -2.14. The van der Waals surface area contributed by atoms with Crippen LogP contribution in [-0.2, 0) is 14.3 Å². The average Bonchev–Trinajstić information content (AvgIpc) is 2.27. The van der Waals surface area contributed by atoms with Gasteiger partial charge in [-0.05, 0) is 6.07 Å². The van der Waals surface area contributed by atoms with Gasteiger partial charge in [-0.2, -0.15) is 0 Å². The maximum atomic E-state index is 11.2. The highest BCUT2D eigenvalue weighted by atomic mass is 16.5. The lowest BCUT2D eigenvalue weighted by atomic mass is 10.5. The first-order chi connectivity index (χ1) is 7.59. The molecule has 1 aromatic rings. The molecule has 0 aromatic carbocycles. The molecule has 1 rings (SSSR count). The molecule has 7 nitrogen and oxygen atoms in total. The van der Waals surface area contributed by atoms with Gasteiger partial charge >= 0.3 is 5.97 Å². The number of hydrogen-bond donors (Lipinski definition) is 1. The van der Waals surface area contributed by atoms with Gasteiger partial charge in [0.2, 0.25) is 5.95 Å². The van der Waals surface area contributed by atoms with Crippen molar-refractivity contribution in [2.75, 3.05) is 25.1 Å².